The molecule has 0 aliphatic carbocycles. The molecule has 0 bridgehead atoms. The molecule has 99 valence electrons. The maximum atomic E-state index is 12.0. The Kier molecular flexibility index (Phi) is 5.36. The molecule has 5 nitrogen and oxygen atoms in total. The van der Waals surface area contributed by atoms with Gasteiger partial charge in [0.25, 0.3) is 0 Å². The molecule has 0 saturated carbocycles. The number of piperazine rings is 1. The van der Waals surface area contributed by atoms with E-state index in [9.17, 15) is 9.90 Å². The quantitative estimate of drug-likeness (QED) is 0.727. The van der Waals surface area contributed by atoms with E-state index in [1.165, 1.54) is 0 Å². The molecule has 5 heteroatoms. The van der Waals surface area contributed by atoms with Crippen molar-refractivity contribution >= 4 is 5.97 Å². The number of rotatable bonds is 4. The summed E-state index contributed by atoms with van der Waals surface area (Å²) in [4.78, 5) is 14.0. The van der Waals surface area contributed by atoms with Gasteiger partial charge in [-0.1, -0.05) is 0 Å². The Bertz CT molecular complexity index is 251. The first-order valence-electron chi connectivity index (χ1n) is 6.20. The van der Waals surface area contributed by atoms with Crippen molar-refractivity contribution in [2.75, 3.05) is 32.8 Å². The van der Waals surface area contributed by atoms with E-state index in [1.54, 1.807) is 0 Å². The zero-order chi connectivity index (χ0) is 12.9. The summed E-state index contributed by atoms with van der Waals surface area (Å²) in [6.45, 7) is 8.44. The number of hydrogen-bond donors (Lipinski definition) is 1. The highest BCUT2D eigenvalue weighted by molar-refractivity contribution is 5.76. The number of nitrogens with zero attached hydrogens (tertiary/aromatic N) is 1. The lowest BCUT2D eigenvalue weighted by atomic mass is 10.1. The fraction of sp³-hybridized carbons (Fsp3) is 0.917. The molecule has 1 aliphatic heterocycles. The molecule has 1 heterocycles. The molecule has 0 amide bonds. The Balaban J connectivity index is 2.54. The van der Waals surface area contributed by atoms with Gasteiger partial charge in [0.2, 0.25) is 0 Å². The molecule has 0 aromatic heterocycles. The topological polar surface area (TPSA) is 61.5 Å². The van der Waals surface area contributed by atoms with Crippen LogP contribution in [0.4, 0.5) is 0 Å². The van der Waals surface area contributed by atoms with Gasteiger partial charge in [0.05, 0.1) is 6.61 Å². The lowest BCUT2D eigenvalue weighted by Gasteiger charge is -2.35. The van der Waals surface area contributed by atoms with Crippen molar-refractivity contribution in [1.82, 2.24) is 10.2 Å². The molecule has 1 unspecified atom stereocenters. The third-order valence-electron chi connectivity index (χ3n) is 2.62. The minimum Gasteiger partial charge on any atom is -0.459 e. The molecule has 1 atom stereocenters. The van der Waals surface area contributed by atoms with Crippen molar-refractivity contribution in [3.05, 3.63) is 0 Å². The van der Waals surface area contributed by atoms with Gasteiger partial charge >= 0.3 is 5.97 Å². The van der Waals surface area contributed by atoms with Crippen LogP contribution in [0.25, 0.3) is 0 Å². The summed E-state index contributed by atoms with van der Waals surface area (Å²) >= 11 is 0. The van der Waals surface area contributed by atoms with Gasteiger partial charge in [0, 0.05) is 26.2 Å². The number of nitrogens with one attached hydrogen (secondary N) is 1. The van der Waals surface area contributed by atoms with Gasteiger partial charge in [-0.15, -0.1) is 0 Å². The SMILES string of the molecule is CC(C)(C)OC(=O)C1CNCCN1CCC[O]. The van der Waals surface area contributed by atoms with Gasteiger partial charge in [0.15, 0.2) is 0 Å². The molecule has 1 rings (SSSR count). The molecular weight excluding hydrogens is 220 g/mol. The first kappa shape index (κ1) is 14.4. The standard InChI is InChI=1S/C12H23N2O3/c1-12(2,3)17-11(16)10-9-13-5-7-14(10)6-4-8-15/h10,13H,4-9H2,1-3H3. The molecular formula is C12H23N2O3. The van der Waals surface area contributed by atoms with E-state index < -0.39 is 5.60 Å². The third-order valence-corrected chi connectivity index (χ3v) is 2.62. The molecule has 1 aliphatic rings. The van der Waals surface area contributed by atoms with Gasteiger partial charge in [-0.05, 0) is 27.2 Å². The Morgan fingerprint density at radius 3 is 2.76 bits per heavy atom. The van der Waals surface area contributed by atoms with Crippen LogP contribution >= 0.6 is 0 Å². The van der Waals surface area contributed by atoms with E-state index in [0.717, 1.165) is 13.1 Å². The van der Waals surface area contributed by atoms with Crippen molar-refractivity contribution in [3.8, 4) is 0 Å². The highest BCUT2D eigenvalue weighted by atomic mass is 16.6. The highest BCUT2D eigenvalue weighted by Gasteiger charge is 2.31. The van der Waals surface area contributed by atoms with E-state index in [4.69, 9.17) is 4.74 Å². The molecule has 1 fully saturated rings. The van der Waals surface area contributed by atoms with E-state index in [1.807, 2.05) is 25.7 Å². The number of hydrogen-bond acceptors (Lipinski definition) is 4. The van der Waals surface area contributed by atoms with E-state index in [2.05, 4.69) is 5.32 Å². The van der Waals surface area contributed by atoms with Crippen LogP contribution < -0.4 is 5.32 Å². The Morgan fingerprint density at radius 1 is 1.47 bits per heavy atom. The van der Waals surface area contributed by atoms with Crippen molar-refractivity contribution in [3.63, 3.8) is 0 Å². The maximum Gasteiger partial charge on any atom is 0.325 e. The van der Waals surface area contributed by atoms with Crippen LogP contribution in [-0.2, 0) is 14.6 Å². The summed E-state index contributed by atoms with van der Waals surface area (Å²) in [5.41, 5.74) is -0.460. The summed E-state index contributed by atoms with van der Waals surface area (Å²) in [7, 11) is 0. The second kappa shape index (κ2) is 6.33. The second-order valence-corrected chi connectivity index (χ2v) is 5.35. The summed E-state index contributed by atoms with van der Waals surface area (Å²) in [5, 5.41) is 13.7. The van der Waals surface area contributed by atoms with Crippen LogP contribution in [0.5, 0.6) is 0 Å². The van der Waals surface area contributed by atoms with Crippen LogP contribution in [0.15, 0.2) is 0 Å². The molecule has 1 radical (unpaired) electrons. The van der Waals surface area contributed by atoms with Crippen molar-refractivity contribution in [1.29, 1.82) is 0 Å². The monoisotopic (exact) mass is 243 g/mol. The number of carbonyl (C=O) groups is 1. The smallest absolute Gasteiger partial charge is 0.325 e. The third kappa shape index (κ3) is 5.02. The van der Waals surface area contributed by atoms with E-state index in [-0.39, 0.29) is 18.6 Å². The van der Waals surface area contributed by atoms with Crippen LogP contribution in [0.3, 0.4) is 0 Å². The van der Waals surface area contributed by atoms with Gasteiger partial charge in [-0.3, -0.25) is 9.69 Å². The summed E-state index contributed by atoms with van der Waals surface area (Å²) < 4.78 is 5.39. The maximum absolute atomic E-state index is 12.0. The normalized spacial score (nSPS) is 22.5. The average Bonchev–Trinajstić information content (AvgIpc) is 2.24. The lowest BCUT2D eigenvalue weighted by molar-refractivity contribution is -0.162. The lowest BCUT2D eigenvalue weighted by Crippen LogP contribution is -2.56. The minimum absolute atomic E-state index is 0.0923. The summed E-state index contributed by atoms with van der Waals surface area (Å²) in [6.07, 6.45) is 0.583. The Hall–Kier alpha value is -0.650. The molecule has 1 saturated heterocycles. The number of ether oxygens (including phenoxy) is 1. The summed E-state index contributed by atoms with van der Waals surface area (Å²) in [6, 6.07) is -0.255. The first-order valence-corrected chi connectivity index (χ1v) is 6.20. The molecule has 0 spiro atoms. The first-order chi connectivity index (χ1) is 7.94. The van der Waals surface area contributed by atoms with Gasteiger partial charge < -0.3 is 10.1 Å². The van der Waals surface area contributed by atoms with E-state index >= 15 is 0 Å². The molecule has 1 N–H and O–H groups in total. The Morgan fingerprint density at radius 2 is 2.18 bits per heavy atom. The van der Waals surface area contributed by atoms with Crippen LogP contribution in [0.1, 0.15) is 27.2 Å². The second-order valence-electron chi connectivity index (χ2n) is 5.35. The number of carbonyl (C=O) groups excluding carboxylic acids is 1. The zero-order valence-electron chi connectivity index (χ0n) is 11.0. The Labute approximate surface area is 103 Å². The van der Waals surface area contributed by atoms with Crippen LogP contribution in [-0.4, -0.2) is 55.3 Å². The van der Waals surface area contributed by atoms with Crippen molar-refractivity contribution in [2.24, 2.45) is 0 Å². The predicted octanol–water partition coefficient (Wildman–Crippen LogP) is 0.423. The van der Waals surface area contributed by atoms with Gasteiger partial charge in [0.1, 0.15) is 11.6 Å². The number of esters is 1. The minimum atomic E-state index is -0.460. The fourth-order valence-corrected chi connectivity index (χ4v) is 1.88. The average molecular weight is 243 g/mol. The van der Waals surface area contributed by atoms with Crippen LogP contribution in [0, 0.1) is 0 Å². The van der Waals surface area contributed by atoms with Gasteiger partial charge in [-0.2, -0.15) is 0 Å². The van der Waals surface area contributed by atoms with E-state index in [0.29, 0.717) is 19.5 Å². The largest absolute Gasteiger partial charge is 0.459 e. The summed E-state index contributed by atoms with van der Waals surface area (Å²) in [5.74, 6) is -0.199. The molecule has 0 aromatic carbocycles. The van der Waals surface area contributed by atoms with Gasteiger partial charge in [-0.25, -0.2) is 5.11 Å². The van der Waals surface area contributed by atoms with Crippen LogP contribution in [0.2, 0.25) is 0 Å². The zero-order valence-corrected chi connectivity index (χ0v) is 11.0. The predicted molar refractivity (Wildman–Crippen MR) is 64.2 cm³/mol. The highest BCUT2D eigenvalue weighted by Crippen LogP contribution is 2.13. The van der Waals surface area contributed by atoms with Crippen molar-refractivity contribution in [2.45, 2.75) is 38.8 Å². The fourth-order valence-electron chi connectivity index (χ4n) is 1.88. The van der Waals surface area contributed by atoms with Crippen molar-refractivity contribution < 1.29 is 14.6 Å². The molecule has 17 heavy (non-hydrogen) atoms. The molecule has 0 aromatic rings.